The highest BCUT2D eigenvalue weighted by Crippen LogP contribution is 2.40. The molecule has 0 amide bonds. The Balaban J connectivity index is 2.01. The molecule has 0 bridgehead atoms. The fourth-order valence-electron chi connectivity index (χ4n) is 2.86. The minimum atomic E-state index is -1.78. The van der Waals surface area contributed by atoms with Crippen molar-refractivity contribution in [3.8, 4) is 0 Å². The van der Waals surface area contributed by atoms with Gasteiger partial charge >= 0.3 is 0 Å². The maximum Gasteiger partial charge on any atom is 0.190 e. The van der Waals surface area contributed by atoms with Crippen LogP contribution in [0.2, 0.25) is 19.1 Å². The molecule has 2 saturated heterocycles. The first-order valence-electron chi connectivity index (χ1n) is 7.58. The minimum absolute atomic E-state index is 0.0720. The summed E-state index contributed by atoms with van der Waals surface area (Å²) in [5, 5.41) is 9.44. The number of rotatable bonds is 6. The molecule has 0 aromatic rings. The SMILES string of the molecule is CCCC[Si](C)(C)OC1O[C@H](CO)[C@H]2OC(C)(C)O[C@@H]12. The summed E-state index contributed by atoms with van der Waals surface area (Å²) in [7, 11) is -1.78. The molecule has 1 unspecified atom stereocenters. The third-order valence-corrected chi connectivity index (χ3v) is 6.28. The molecule has 0 saturated carbocycles. The van der Waals surface area contributed by atoms with E-state index in [9.17, 15) is 5.11 Å². The second kappa shape index (κ2) is 6.02. The molecule has 2 rings (SSSR count). The molecule has 4 atom stereocenters. The number of hydrogen-bond acceptors (Lipinski definition) is 5. The maximum atomic E-state index is 9.44. The molecular formula is C14H28O5Si. The lowest BCUT2D eigenvalue weighted by Crippen LogP contribution is -2.41. The number of hydrogen-bond donors (Lipinski definition) is 1. The summed E-state index contributed by atoms with van der Waals surface area (Å²) in [6.45, 7) is 10.3. The lowest BCUT2D eigenvalue weighted by molar-refractivity contribution is -0.218. The Labute approximate surface area is 122 Å². The molecule has 2 heterocycles. The third kappa shape index (κ3) is 3.61. The van der Waals surface area contributed by atoms with Gasteiger partial charge in [0.1, 0.15) is 18.3 Å². The van der Waals surface area contributed by atoms with Crippen LogP contribution < -0.4 is 0 Å². The smallest absolute Gasteiger partial charge is 0.190 e. The second-order valence-electron chi connectivity index (χ2n) is 6.77. The van der Waals surface area contributed by atoms with Crippen molar-refractivity contribution in [2.75, 3.05) is 6.61 Å². The monoisotopic (exact) mass is 304 g/mol. The largest absolute Gasteiger partial charge is 0.394 e. The third-order valence-electron chi connectivity index (χ3n) is 3.85. The van der Waals surface area contributed by atoms with E-state index in [4.69, 9.17) is 18.6 Å². The Kier molecular flexibility index (Phi) is 4.93. The fraction of sp³-hybridized carbons (Fsp3) is 1.00. The summed E-state index contributed by atoms with van der Waals surface area (Å²) >= 11 is 0. The zero-order chi connectivity index (χ0) is 15.0. The van der Waals surface area contributed by atoms with Gasteiger partial charge in [-0.05, 0) is 33.0 Å². The average Bonchev–Trinajstić information content (AvgIpc) is 2.81. The van der Waals surface area contributed by atoms with Crippen LogP contribution in [0.4, 0.5) is 0 Å². The molecule has 2 aliphatic heterocycles. The first-order chi connectivity index (χ1) is 9.28. The molecule has 2 fully saturated rings. The van der Waals surface area contributed by atoms with Crippen molar-refractivity contribution in [2.24, 2.45) is 0 Å². The number of fused-ring (bicyclic) bond motifs is 1. The number of aliphatic hydroxyl groups is 1. The molecule has 20 heavy (non-hydrogen) atoms. The van der Waals surface area contributed by atoms with E-state index < -0.39 is 20.4 Å². The first kappa shape index (κ1) is 16.4. The quantitative estimate of drug-likeness (QED) is 0.763. The Morgan fingerprint density at radius 1 is 1.20 bits per heavy atom. The van der Waals surface area contributed by atoms with Gasteiger partial charge in [0.05, 0.1) is 6.61 Å². The van der Waals surface area contributed by atoms with E-state index in [0.29, 0.717) is 0 Å². The zero-order valence-corrected chi connectivity index (χ0v) is 14.2. The Morgan fingerprint density at radius 2 is 1.85 bits per heavy atom. The van der Waals surface area contributed by atoms with Gasteiger partial charge in [0.25, 0.3) is 0 Å². The zero-order valence-electron chi connectivity index (χ0n) is 13.2. The van der Waals surface area contributed by atoms with Gasteiger partial charge in [-0.25, -0.2) is 0 Å². The topological polar surface area (TPSA) is 57.2 Å². The average molecular weight is 304 g/mol. The van der Waals surface area contributed by atoms with Crippen molar-refractivity contribution in [1.82, 2.24) is 0 Å². The van der Waals surface area contributed by atoms with Gasteiger partial charge in [-0.3, -0.25) is 0 Å². The van der Waals surface area contributed by atoms with E-state index in [1.165, 1.54) is 12.8 Å². The van der Waals surface area contributed by atoms with Crippen molar-refractivity contribution >= 4 is 8.32 Å². The van der Waals surface area contributed by atoms with Crippen LogP contribution in [0, 0.1) is 0 Å². The molecule has 1 N–H and O–H groups in total. The normalized spacial score (nSPS) is 36.3. The molecule has 0 radical (unpaired) electrons. The van der Waals surface area contributed by atoms with E-state index in [0.717, 1.165) is 6.04 Å². The highest BCUT2D eigenvalue weighted by molar-refractivity contribution is 6.71. The maximum absolute atomic E-state index is 9.44. The molecule has 5 nitrogen and oxygen atoms in total. The van der Waals surface area contributed by atoms with Crippen molar-refractivity contribution in [3.05, 3.63) is 0 Å². The predicted octanol–water partition coefficient (Wildman–Crippen LogP) is 2.25. The summed E-state index contributed by atoms with van der Waals surface area (Å²) in [4.78, 5) is 0. The Bertz CT molecular complexity index is 334. The van der Waals surface area contributed by atoms with Gasteiger partial charge in [0.15, 0.2) is 20.4 Å². The highest BCUT2D eigenvalue weighted by Gasteiger charge is 2.56. The molecule has 0 aliphatic carbocycles. The van der Waals surface area contributed by atoms with E-state index >= 15 is 0 Å². The van der Waals surface area contributed by atoms with Crippen LogP contribution in [0.15, 0.2) is 0 Å². The van der Waals surface area contributed by atoms with Crippen LogP contribution >= 0.6 is 0 Å². The van der Waals surface area contributed by atoms with Crippen LogP contribution in [0.25, 0.3) is 0 Å². The fourth-order valence-corrected chi connectivity index (χ4v) is 5.00. The molecule has 0 aromatic heterocycles. The van der Waals surface area contributed by atoms with Crippen molar-refractivity contribution in [2.45, 2.75) is 83.1 Å². The summed E-state index contributed by atoms with van der Waals surface area (Å²) in [6, 6.07) is 1.11. The Hall–Kier alpha value is 0.0169. The van der Waals surface area contributed by atoms with E-state index in [2.05, 4.69) is 20.0 Å². The number of aliphatic hydroxyl groups excluding tert-OH is 1. The first-order valence-corrected chi connectivity index (χ1v) is 10.7. The van der Waals surface area contributed by atoms with Crippen LogP contribution in [0.1, 0.15) is 33.6 Å². The summed E-state index contributed by atoms with van der Waals surface area (Å²) in [5.41, 5.74) is 0. The molecule has 2 aliphatic rings. The molecule has 0 aromatic carbocycles. The van der Waals surface area contributed by atoms with Gasteiger partial charge in [-0.15, -0.1) is 0 Å². The van der Waals surface area contributed by atoms with Gasteiger partial charge in [-0.2, -0.15) is 0 Å². The minimum Gasteiger partial charge on any atom is -0.394 e. The van der Waals surface area contributed by atoms with Crippen LogP contribution in [0.3, 0.4) is 0 Å². The van der Waals surface area contributed by atoms with Crippen LogP contribution in [-0.4, -0.2) is 50.4 Å². The van der Waals surface area contributed by atoms with E-state index in [-0.39, 0.29) is 24.9 Å². The Morgan fingerprint density at radius 3 is 2.45 bits per heavy atom. The van der Waals surface area contributed by atoms with Crippen molar-refractivity contribution in [1.29, 1.82) is 0 Å². The predicted molar refractivity (Wildman–Crippen MR) is 77.9 cm³/mol. The van der Waals surface area contributed by atoms with Gasteiger partial charge in [0, 0.05) is 0 Å². The summed E-state index contributed by atoms with van der Waals surface area (Å²) in [6.07, 6.45) is 1.09. The van der Waals surface area contributed by atoms with Crippen LogP contribution in [-0.2, 0) is 18.6 Å². The number of unbranched alkanes of at least 4 members (excludes halogenated alkanes) is 1. The lowest BCUT2D eigenvalue weighted by atomic mass is 10.1. The summed E-state index contributed by atoms with van der Waals surface area (Å²) < 4.78 is 23.8. The van der Waals surface area contributed by atoms with Crippen LogP contribution in [0.5, 0.6) is 0 Å². The van der Waals surface area contributed by atoms with Crippen molar-refractivity contribution in [3.63, 3.8) is 0 Å². The molecule has 118 valence electrons. The van der Waals surface area contributed by atoms with E-state index in [1.54, 1.807) is 0 Å². The second-order valence-corrected chi connectivity index (χ2v) is 11.0. The van der Waals surface area contributed by atoms with Gasteiger partial charge in [-0.1, -0.05) is 19.8 Å². The molecular weight excluding hydrogens is 276 g/mol. The number of ether oxygens (including phenoxy) is 3. The van der Waals surface area contributed by atoms with Gasteiger partial charge in [0.2, 0.25) is 0 Å². The highest BCUT2D eigenvalue weighted by atomic mass is 28.4. The van der Waals surface area contributed by atoms with E-state index in [1.807, 2.05) is 13.8 Å². The standard InChI is InChI=1S/C14H28O5Si/c1-6-7-8-20(4,5)19-13-12-11(10(9-15)16-13)17-14(2,3)18-12/h10-13,15H,6-9H2,1-5H3/t10-,11-,12-,13?/m1/s1. The molecule has 0 spiro atoms. The van der Waals surface area contributed by atoms with Gasteiger partial charge < -0.3 is 23.7 Å². The summed E-state index contributed by atoms with van der Waals surface area (Å²) in [5.74, 6) is -0.636. The lowest BCUT2D eigenvalue weighted by Gasteiger charge is -2.30. The van der Waals surface area contributed by atoms with Crippen molar-refractivity contribution < 1.29 is 23.7 Å². The molecule has 6 heteroatoms.